The SMILES string of the molecule is Cc1oc(-c2ccccc2)nc1CC(=O)N1CCSc2ccccc21. The molecule has 0 fully saturated rings. The minimum absolute atomic E-state index is 0.0590. The fourth-order valence-electron chi connectivity index (χ4n) is 2.96. The quantitative estimate of drug-likeness (QED) is 0.705. The molecule has 1 aromatic heterocycles. The zero-order valence-electron chi connectivity index (χ0n) is 13.9. The summed E-state index contributed by atoms with van der Waals surface area (Å²) in [5.41, 5.74) is 2.62. The van der Waals surface area contributed by atoms with Crippen LogP contribution in [0.1, 0.15) is 11.5 Å². The van der Waals surface area contributed by atoms with Gasteiger partial charge < -0.3 is 9.32 Å². The normalized spacial score (nSPS) is 13.6. The van der Waals surface area contributed by atoms with E-state index in [2.05, 4.69) is 11.1 Å². The van der Waals surface area contributed by atoms with Crippen LogP contribution in [0, 0.1) is 6.92 Å². The van der Waals surface area contributed by atoms with Crippen LogP contribution in [0.2, 0.25) is 0 Å². The van der Waals surface area contributed by atoms with E-state index in [1.54, 1.807) is 11.8 Å². The maximum atomic E-state index is 12.9. The van der Waals surface area contributed by atoms with Gasteiger partial charge in [-0.2, -0.15) is 0 Å². The third-order valence-corrected chi connectivity index (χ3v) is 5.30. The van der Waals surface area contributed by atoms with Crippen molar-refractivity contribution in [1.82, 2.24) is 4.98 Å². The van der Waals surface area contributed by atoms with E-state index in [0.717, 1.165) is 28.4 Å². The number of hydrogen-bond donors (Lipinski definition) is 0. The highest BCUT2D eigenvalue weighted by atomic mass is 32.2. The van der Waals surface area contributed by atoms with Gasteiger partial charge in [0.05, 0.1) is 17.8 Å². The van der Waals surface area contributed by atoms with E-state index in [4.69, 9.17) is 4.42 Å². The van der Waals surface area contributed by atoms with Gasteiger partial charge in [-0.05, 0) is 31.2 Å². The number of carbonyl (C=O) groups is 1. The number of para-hydroxylation sites is 1. The number of nitrogens with zero attached hydrogens (tertiary/aromatic N) is 2. The van der Waals surface area contributed by atoms with Gasteiger partial charge >= 0.3 is 0 Å². The van der Waals surface area contributed by atoms with Gasteiger partial charge in [-0.1, -0.05) is 30.3 Å². The molecule has 0 radical (unpaired) electrons. The second kappa shape index (κ2) is 6.76. The highest BCUT2D eigenvalue weighted by molar-refractivity contribution is 7.99. The number of aromatic nitrogens is 1. The van der Waals surface area contributed by atoms with Gasteiger partial charge in [0, 0.05) is 22.8 Å². The average Bonchev–Trinajstić information content (AvgIpc) is 3.02. The van der Waals surface area contributed by atoms with Crippen molar-refractivity contribution in [3.8, 4) is 11.5 Å². The second-order valence-corrected chi connectivity index (χ2v) is 7.06. The molecule has 4 rings (SSSR count). The summed E-state index contributed by atoms with van der Waals surface area (Å²) in [5.74, 6) is 2.24. The van der Waals surface area contributed by atoms with Crippen molar-refractivity contribution in [2.75, 3.05) is 17.2 Å². The van der Waals surface area contributed by atoms with Crippen molar-refractivity contribution in [3.05, 3.63) is 66.1 Å². The molecule has 25 heavy (non-hydrogen) atoms. The average molecular weight is 350 g/mol. The first-order valence-corrected chi connectivity index (χ1v) is 9.25. The Kier molecular flexibility index (Phi) is 4.32. The van der Waals surface area contributed by atoms with E-state index in [1.807, 2.05) is 60.4 Å². The number of carbonyl (C=O) groups excluding carboxylic acids is 1. The molecule has 0 saturated heterocycles. The van der Waals surface area contributed by atoms with E-state index in [1.165, 1.54) is 0 Å². The molecular weight excluding hydrogens is 332 g/mol. The van der Waals surface area contributed by atoms with Crippen molar-refractivity contribution in [2.24, 2.45) is 0 Å². The molecule has 1 amide bonds. The Hall–Kier alpha value is -2.53. The standard InChI is InChI=1S/C20H18N2O2S/c1-14-16(21-20(24-14)15-7-3-2-4-8-15)13-19(23)22-11-12-25-18-10-6-5-9-17(18)22/h2-10H,11-13H2,1H3. The molecule has 0 saturated carbocycles. The number of oxazole rings is 1. The van der Waals surface area contributed by atoms with Crippen LogP contribution < -0.4 is 4.90 Å². The number of fused-ring (bicyclic) bond motifs is 1. The minimum Gasteiger partial charge on any atom is -0.441 e. The fourth-order valence-corrected chi connectivity index (χ4v) is 3.96. The lowest BCUT2D eigenvalue weighted by molar-refractivity contribution is -0.118. The molecule has 126 valence electrons. The molecule has 0 unspecified atom stereocenters. The molecule has 4 nitrogen and oxygen atoms in total. The minimum atomic E-state index is 0.0590. The molecule has 0 spiro atoms. The summed E-state index contributed by atoms with van der Waals surface area (Å²) >= 11 is 1.79. The topological polar surface area (TPSA) is 46.3 Å². The number of rotatable bonds is 3. The van der Waals surface area contributed by atoms with Crippen molar-refractivity contribution in [1.29, 1.82) is 0 Å². The molecule has 1 aliphatic rings. The molecule has 3 aromatic rings. The van der Waals surface area contributed by atoms with Crippen molar-refractivity contribution in [3.63, 3.8) is 0 Å². The van der Waals surface area contributed by atoms with E-state index >= 15 is 0 Å². The molecule has 0 bridgehead atoms. The van der Waals surface area contributed by atoms with Gasteiger partial charge in [0.1, 0.15) is 5.76 Å². The van der Waals surface area contributed by atoms with Crippen LogP contribution in [0.5, 0.6) is 0 Å². The van der Waals surface area contributed by atoms with E-state index in [-0.39, 0.29) is 12.3 Å². The summed E-state index contributed by atoms with van der Waals surface area (Å²) in [6, 6.07) is 17.8. The predicted molar refractivity (Wildman–Crippen MR) is 99.9 cm³/mol. The van der Waals surface area contributed by atoms with E-state index < -0.39 is 0 Å². The monoisotopic (exact) mass is 350 g/mol. The number of aryl methyl sites for hydroxylation is 1. The van der Waals surface area contributed by atoms with E-state index in [0.29, 0.717) is 17.3 Å². The summed E-state index contributed by atoms with van der Waals surface area (Å²) in [6.07, 6.45) is 0.251. The number of thioether (sulfide) groups is 1. The van der Waals surface area contributed by atoms with Crippen LogP contribution in [-0.2, 0) is 11.2 Å². The van der Waals surface area contributed by atoms with Gasteiger partial charge in [-0.25, -0.2) is 4.98 Å². The molecular formula is C20H18N2O2S. The third-order valence-electron chi connectivity index (χ3n) is 4.26. The van der Waals surface area contributed by atoms with Crippen LogP contribution in [0.25, 0.3) is 11.5 Å². The molecule has 0 aliphatic carbocycles. The first kappa shape index (κ1) is 16.0. The van der Waals surface area contributed by atoms with Crippen LogP contribution >= 0.6 is 11.8 Å². The fraction of sp³-hybridized carbons (Fsp3) is 0.200. The lowest BCUT2D eigenvalue weighted by Crippen LogP contribution is -2.36. The lowest BCUT2D eigenvalue weighted by Gasteiger charge is -2.28. The Morgan fingerprint density at radius 2 is 1.92 bits per heavy atom. The summed E-state index contributed by atoms with van der Waals surface area (Å²) in [6.45, 7) is 2.59. The van der Waals surface area contributed by atoms with Crippen LogP contribution in [-0.4, -0.2) is 23.2 Å². The van der Waals surface area contributed by atoms with Crippen LogP contribution in [0.3, 0.4) is 0 Å². The Bertz CT molecular complexity index is 905. The lowest BCUT2D eigenvalue weighted by atomic mass is 10.2. The van der Waals surface area contributed by atoms with Gasteiger partial charge in [0.15, 0.2) is 0 Å². The maximum Gasteiger partial charge on any atom is 0.233 e. The number of hydrogen-bond acceptors (Lipinski definition) is 4. The Morgan fingerprint density at radius 3 is 2.76 bits per heavy atom. The molecule has 2 heterocycles. The maximum absolute atomic E-state index is 12.9. The van der Waals surface area contributed by atoms with Gasteiger partial charge in [-0.15, -0.1) is 11.8 Å². The van der Waals surface area contributed by atoms with Crippen LogP contribution in [0.4, 0.5) is 5.69 Å². The van der Waals surface area contributed by atoms with Crippen molar-refractivity contribution < 1.29 is 9.21 Å². The highest BCUT2D eigenvalue weighted by Crippen LogP contribution is 2.34. The summed E-state index contributed by atoms with van der Waals surface area (Å²) in [4.78, 5) is 20.4. The van der Waals surface area contributed by atoms with Crippen molar-refractivity contribution >= 4 is 23.4 Å². The van der Waals surface area contributed by atoms with E-state index in [9.17, 15) is 4.79 Å². The molecule has 0 N–H and O–H groups in total. The predicted octanol–water partition coefficient (Wildman–Crippen LogP) is 4.33. The smallest absolute Gasteiger partial charge is 0.233 e. The second-order valence-electron chi connectivity index (χ2n) is 5.93. The van der Waals surface area contributed by atoms with Crippen molar-refractivity contribution in [2.45, 2.75) is 18.2 Å². The Labute approximate surface area is 150 Å². The summed E-state index contributed by atoms with van der Waals surface area (Å²) < 4.78 is 5.77. The molecule has 2 aromatic carbocycles. The molecule has 1 aliphatic heterocycles. The summed E-state index contributed by atoms with van der Waals surface area (Å²) in [5, 5.41) is 0. The van der Waals surface area contributed by atoms with Gasteiger partial charge in [0.25, 0.3) is 0 Å². The Balaban J connectivity index is 1.57. The first-order valence-electron chi connectivity index (χ1n) is 8.26. The first-order chi connectivity index (χ1) is 12.2. The third kappa shape index (κ3) is 3.20. The van der Waals surface area contributed by atoms with Gasteiger partial charge in [-0.3, -0.25) is 4.79 Å². The van der Waals surface area contributed by atoms with Crippen LogP contribution in [0.15, 0.2) is 63.9 Å². The molecule has 0 atom stereocenters. The van der Waals surface area contributed by atoms with Gasteiger partial charge in [0.2, 0.25) is 11.8 Å². The number of amides is 1. The number of anilines is 1. The zero-order chi connectivity index (χ0) is 17.2. The largest absolute Gasteiger partial charge is 0.441 e. The highest BCUT2D eigenvalue weighted by Gasteiger charge is 2.24. The number of benzene rings is 2. The zero-order valence-corrected chi connectivity index (χ0v) is 14.8. The molecule has 5 heteroatoms. The Morgan fingerprint density at radius 1 is 1.16 bits per heavy atom. The summed E-state index contributed by atoms with van der Waals surface area (Å²) in [7, 11) is 0.